The lowest BCUT2D eigenvalue weighted by Crippen LogP contribution is -2.13. The van der Waals surface area contributed by atoms with E-state index in [0.717, 1.165) is 38.5 Å². The largest absolute Gasteiger partial charge is 0.466 e. The second-order valence-corrected chi connectivity index (χ2v) is 5.01. The van der Waals surface area contributed by atoms with E-state index in [4.69, 9.17) is 14.6 Å². The average Bonchev–Trinajstić information content (AvgIpc) is 2.46. The first-order chi connectivity index (χ1) is 10.1. The first-order valence-electron chi connectivity index (χ1n) is 7.73. The Labute approximate surface area is 127 Å². The van der Waals surface area contributed by atoms with E-state index in [1.165, 1.54) is 6.08 Å². The van der Waals surface area contributed by atoms with Crippen molar-refractivity contribution in [3.63, 3.8) is 0 Å². The van der Waals surface area contributed by atoms with Gasteiger partial charge in [-0.15, -0.1) is 0 Å². The van der Waals surface area contributed by atoms with Crippen molar-refractivity contribution in [1.29, 1.82) is 0 Å². The second kappa shape index (κ2) is 13.6. The quantitative estimate of drug-likeness (QED) is 0.341. The fraction of sp³-hybridized carbons (Fsp3) is 0.750. The minimum Gasteiger partial charge on any atom is -0.466 e. The molecule has 1 unspecified atom stereocenters. The van der Waals surface area contributed by atoms with Crippen LogP contribution in [-0.4, -0.2) is 36.4 Å². The van der Waals surface area contributed by atoms with Gasteiger partial charge < -0.3 is 14.6 Å². The van der Waals surface area contributed by atoms with Gasteiger partial charge in [-0.2, -0.15) is 0 Å². The van der Waals surface area contributed by atoms with E-state index in [1.54, 1.807) is 19.9 Å². The van der Waals surface area contributed by atoms with E-state index in [1.807, 2.05) is 0 Å². The van der Waals surface area contributed by atoms with Gasteiger partial charge in [0.05, 0.1) is 12.7 Å². The molecular formula is C16H28O5. The molecule has 0 aromatic heterocycles. The fourth-order valence-corrected chi connectivity index (χ4v) is 1.61. The SMILES string of the molecule is CCC(=O)OCCCCCCC/C=C/C(=O)OCC(C)O. The van der Waals surface area contributed by atoms with Crippen molar-refractivity contribution in [2.75, 3.05) is 13.2 Å². The van der Waals surface area contributed by atoms with Crippen LogP contribution in [-0.2, 0) is 19.1 Å². The molecule has 0 radical (unpaired) electrons. The number of carbonyl (C=O) groups is 2. The van der Waals surface area contributed by atoms with Crippen LogP contribution in [0, 0.1) is 0 Å². The summed E-state index contributed by atoms with van der Waals surface area (Å²) in [6.07, 6.45) is 9.04. The van der Waals surface area contributed by atoms with Gasteiger partial charge in [-0.3, -0.25) is 4.79 Å². The average molecular weight is 300 g/mol. The molecular weight excluding hydrogens is 272 g/mol. The molecule has 0 aliphatic rings. The lowest BCUT2D eigenvalue weighted by molar-refractivity contribution is -0.143. The standard InChI is InChI=1S/C16H28O5/c1-3-15(18)20-12-10-8-6-4-5-7-9-11-16(19)21-13-14(2)17/h9,11,14,17H,3-8,10,12-13H2,1-2H3/b11-9+. The smallest absolute Gasteiger partial charge is 0.330 e. The number of hydrogen-bond acceptors (Lipinski definition) is 5. The maximum Gasteiger partial charge on any atom is 0.330 e. The Hall–Kier alpha value is -1.36. The molecule has 1 atom stereocenters. The Morgan fingerprint density at radius 3 is 2.43 bits per heavy atom. The summed E-state index contributed by atoms with van der Waals surface area (Å²) in [6.45, 7) is 3.91. The highest BCUT2D eigenvalue weighted by Crippen LogP contribution is 2.06. The molecule has 0 aliphatic heterocycles. The van der Waals surface area contributed by atoms with Gasteiger partial charge in [0.25, 0.3) is 0 Å². The van der Waals surface area contributed by atoms with Crippen molar-refractivity contribution in [3.8, 4) is 0 Å². The number of unbranched alkanes of at least 4 members (excludes halogenated alkanes) is 5. The van der Waals surface area contributed by atoms with Crippen LogP contribution in [0.15, 0.2) is 12.2 Å². The normalized spacial score (nSPS) is 12.3. The number of ether oxygens (including phenoxy) is 2. The van der Waals surface area contributed by atoms with Gasteiger partial charge in [0.1, 0.15) is 6.61 Å². The molecule has 0 aromatic rings. The zero-order valence-electron chi connectivity index (χ0n) is 13.2. The minimum atomic E-state index is -0.626. The van der Waals surface area contributed by atoms with Crippen LogP contribution in [0.2, 0.25) is 0 Å². The predicted molar refractivity (Wildman–Crippen MR) is 80.7 cm³/mol. The Bertz CT molecular complexity index is 310. The molecule has 0 amide bonds. The summed E-state index contributed by atoms with van der Waals surface area (Å²) in [7, 11) is 0. The molecule has 0 saturated carbocycles. The lowest BCUT2D eigenvalue weighted by Gasteiger charge is -2.03. The van der Waals surface area contributed by atoms with Crippen molar-refractivity contribution in [3.05, 3.63) is 12.2 Å². The van der Waals surface area contributed by atoms with Crippen molar-refractivity contribution in [2.24, 2.45) is 0 Å². The summed E-state index contributed by atoms with van der Waals surface area (Å²) in [4.78, 5) is 22.0. The summed E-state index contributed by atoms with van der Waals surface area (Å²) in [5, 5.41) is 8.95. The number of aliphatic hydroxyl groups excluding tert-OH is 1. The zero-order valence-corrected chi connectivity index (χ0v) is 13.2. The summed E-state index contributed by atoms with van der Waals surface area (Å²) < 4.78 is 9.77. The van der Waals surface area contributed by atoms with Crippen molar-refractivity contribution < 1.29 is 24.2 Å². The zero-order chi connectivity index (χ0) is 15.9. The fourth-order valence-electron chi connectivity index (χ4n) is 1.61. The summed E-state index contributed by atoms with van der Waals surface area (Å²) >= 11 is 0. The maximum absolute atomic E-state index is 11.2. The molecule has 21 heavy (non-hydrogen) atoms. The summed E-state index contributed by atoms with van der Waals surface area (Å²) in [5.41, 5.74) is 0. The van der Waals surface area contributed by atoms with E-state index in [-0.39, 0.29) is 12.6 Å². The number of allylic oxidation sites excluding steroid dienone is 1. The van der Waals surface area contributed by atoms with Crippen molar-refractivity contribution >= 4 is 11.9 Å². The number of esters is 2. The molecule has 122 valence electrons. The van der Waals surface area contributed by atoms with Crippen molar-refractivity contribution in [1.82, 2.24) is 0 Å². The van der Waals surface area contributed by atoms with Gasteiger partial charge in [-0.05, 0) is 26.2 Å². The molecule has 0 spiro atoms. The topological polar surface area (TPSA) is 72.8 Å². The highest BCUT2D eigenvalue weighted by Gasteiger charge is 2.00. The number of hydrogen-bond donors (Lipinski definition) is 1. The number of carbonyl (C=O) groups excluding carboxylic acids is 2. The van der Waals surface area contributed by atoms with Crippen LogP contribution in [0.1, 0.15) is 58.8 Å². The molecule has 5 heteroatoms. The minimum absolute atomic E-state index is 0.0335. The van der Waals surface area contributed by atoms with Gasteiger partial charge >= 0.3 is 11.9 Å². The maximum atomic E-state index is 11.2. The molecule has 0 heterocycles. The third-order valence-corrected chi connectivity index (χ3v) is 2.79. The first-order valence-corrected chi connectivity index (χ1v) is 7.73. The Morgan fingerprint density at radius 1 is 1.10 bits per heavy atom. The van der Waals surface area contributed by atoms with E-state index in [0.29, 0.717) is 13.0 Å². The van der Waals surface area contributed by atoms with E-state index >= 15 is 0 Å². The molecule has 0 aromatic carbocycles. The van der Waals surface area contributed by atoms with E-state index in [9.17, 15) is 9.59 Å². The molecule has 0 bridgehead atoms. The molecule has 0 fully saturated rings. The Kier molecular flexibility index (Phi) is 12.7. The Morgan fingerprint density at radius 2 is 1.76 bits per heavy atom. The van der Waals surface area contributed by atoms with Crippen LogP contribution in [0.5, 0.6) is 0 Å². The first kappa shape index (κ1) is 19.6. The Balaban J connectivity index is 3.32. The molecule has 1 N–H and O–H groups in total. The van der Waals surface area contributed by atoms with Crippen LogP contribution < -0.4 is 0 Å². The monoisotopic (exact) mass is 300 g/mol. The van der Waals surface area contributed by atoms with E-state index in [2.05, 4.69) is 0 Å². The van der Waals surface area contributed by atoms with Crippen LogP contribution >= 0.6 is 0 Å². The summed E-state index contributed by atoms with van der Waals surface area (Å²) in [5.74, 6) is -0.545. The van der Waals surface area contributed by atoms with Crippen LogP contribution in [0.3, 0.4) is 0 Å². The van der Waals surface area contributed by atoms with Crippen LogP contribution in [0.4, 0.5) is 0 Å². The number of rotatable bonds is 12. The second-order valence-electron chi connectivity index (χ2n) is 5.01. The van der Waals surface area contributed by atoms with Gasteiger partial charge in [0, 0.05) is 12.5 Å². The highest BCUT2D eigenvalue weighted by molar-refractivity contribution is 5.81. The van der Waals surface area contributed by atoms with E-state index < -0.39 is 12.1 Å². The predicted octanol–water partition coefficient (Wildman–Crippen LogP) is 2.76. The molecule has 0 rings (SSSR count). The van der Waals surface area contributed by atoms with Crippen LogP contribution in [0.25, 0.3) is 0 Å². The number of aliphatic hydroxyl groups is 1. The third-order valence-electron chi connectivity index (χ3n) is 2.79. The molecule has 5 nitrogen and oxygen atoms in total. The van der Waals surface area contributed by atoms with Gasteiger partial charge in [0.2, 0.25) is 0 Å². The summed E-state index contributed by atoms with van der Waals surface area (Å²) in [6, 6.07) is 0. The van der Waals surface area contributed by atoms with Gasteiger partial charge in [-0.1, -0.05) is 32.3 Å². The highest BCUT2D eigenvalue weighted by atomic mass is 16.5. The molecule has 0 aliphatic carbocycles. The molecule has 0 saturated heterocycles. The van der Waals surface area contributed by atoms with Gasteiger partial charge in [-0.25, -0.2) is 4.79 Å². The lowest BCUT2D eigenvalue weighted by atomic mass is 10.1. The van der Waals surface area contributed by atoms with Crippen molar-refractivity contribution in [2.45, 2.75) is 64.9 Å². The third kappa shape index (κ3) is 14.9. The van der Waals surface area contributed by atoms with Gasteiger partial charge in [0.15, 0.2) is 0 Å².